The number of nitriles is 1. The van der Waals surface area contributed by atoms with Crippen LogP contribution in [0.25, 0.3) is 5.69 Å². The minimum Gasteiger partial charge on any atom is -0.322 e. The molecule has 2 heterocycles. The monoisotopic (exact) mass is 383 g/mol. The lowest BCUT2D eigenvalue weighted by Gasteiger charge is -2.10. The van der Waals surface area contributed by atoms with Crippen molar-refractivity contribution in [2.24, 2.45) is 0 Å². The number of imidazole rings is 1. The fourth-order valence-corrected chi connectivity index (χ4v) is 3.06. The lowest BCUT2D eigenvalue weighted by molar-refractivity contribution is 0.102. The number of thioether (sulfide) groups is 1. The lowest BCUT2D eigenvalue weighted by Crippen LogP contribution is -2.24. The van der Waals surface area contributed by atoms with Gasteiger partial charge < -0.3 is 14.9 Å². The Hall–Kier alpha value is -3.38. The van der Waals surface area contributed by atoms with E-state index in [1.54, 1.807) is 30.1 Å². The molecule has 0 radical (unpaired) electrons. The molecule has 3 aromatic rings. The zero-order valence-electron chi connectivity index (χ0n) is 14.4. The molecule has 0 saturated carbocycles. The molecular formula is C18H14FN5O2S. The molecule has 1 amide bonds. The summed E-state index contributed by atoms with van der Waals surface area (Å²) in [5.41, 5.74) is -0.187. The predicted octanol–water partition coefficient (Wildman–Crippen LogP) is 2.85. The number of amides is 1. The average molecular weight is 383 g/mol. The number of benzene rings is 1. The minimum atomic E-state index is -0.730. The molecule has 0 aliphatic rings. The maximum atomic E-state index is 14.4. The molecule has 0 fully saturated rings. The number of nitrogens with zero attached hydrogens (tertiary/aromatic N) is 3. The molecule has 2 N–H and O–H groups in total. The molecule has 7 nitrogen and oxygen atoms in total. The Labute approximate surface area is 157 Å². The van der Waals surface area contributed by atoms with Crippen LogP contribution >= 0.6 is 11.8 Å². The normalized spacial score (nSPS) is 10.4. The summed E-state index contributed by atoms with van der Waals surface area (Å²) in [5.74, 6) is -0.667. The van der Waals surface area contributed by atoms with E-state index >= 15 is 0 Å². The largest absolute Gasteiger partial charge is 0.322 e. The number of pyridine rings is 1. The van der Waals surface area contributed by atoms with Gasteiger partial charge in [0.2, 0.25) is 0 Å². The highest BCUT2D eigenvalue weighted by atomic mass is 32.2. The average Bonchev–Trinajstić information content (AvgIpc) is 3.07. The summed E-state index contributed by atoms with van der Waals surface area (Å²) in [6.07, 6.45) is 4.89. The molecule has 0 atom stereocenters. The van der Waals surface area contributed by atoms with Crippen molar-refractivity contribution in [1.82, 2.24) is 14.5 Å². The highest BCUT2D eigenvalue weighted by Crippen LogP contribution is 2.20. The fourth-order valence-electron chi connectivity index (χ4n) is 2.54. The summed E-state index contributed by atoms with van der Waals surface area (Å²) in [7, 11) is 0. The Morgan fingerprint density at radius 1 is 1.41 bits per heavy atom. The van der Waals surface area contributed by atoms with E-state index in [1.165, 1.54) is 30.0 Å². The Morgan fingerprint density at radius 3 is 2.78 bits per heavy atom. The molecule has 3 rings (SSSR count). The summed E-state index contributed by atoms with van der Waals surface area (Å²) in [6.45, 7) is 1.74. The van der Waals surface area contributed by atoms with Crippen LogP contribution in [0.2, 0.25) is 0 Å². The van der Waals surface area contributed by atoms with E-state index in [0.29, 0.717) is 10.9 Å². The van der Waals surface area contributed by atoms with Crippen molar-refractivity contribution in [2.45, 2.75) is 11.9 Å². The molecule has 0 bridgehead atoms. The van der Waals surface area contributed by atoms with Crippen LogP contribution in [-0.2, 0) is 0 Å². The van der Waals surface area contributed by atoms with Crippen molar-refractivity contribution in [1.29, 1.82) is 5.26 Å². The Morgan fingerprint density at radius 2 is 2.19 bits per heavy atom. The van der Waals surface area contributed by atoms with Gasteiger partial charge >= 0.3 is 0 Å². The number of anilines is 1. The number of H-pyrrole nitrogens is 1. The van der Waals surface area contributed by atoms with Gasteiger partial charge in [-0.25, -0.2) is 9.37 Å². The van der Waals surface area contributed by atoms with Crippen LogP contribution < -0.4 is 10.9 Å². The standard InChI is InChI=1S/C18H14FN5O2S/c1-10-21-5-6-24(10)15-4-3-12(8-14(15)19)22-16(25)13-7-11(9-20)18(27-2)23-17(13)26/h3-8H,1-2H3,(H,22,25)(H,23,26). The number of aromatic nitrogens is 3. The maximum absolute atomic E-state index is 14.4. The zero-order chi connectivity index (χ0) is 19.6. The number of carbonyl (C=O) groups excluding carboxylic acids is 1. The molecule has 27 heavy (non-hydrogen) atoms. The number of carbonyl (C=O) groups is 1. The van der Waals surface area contributed by atoms with E-state index in [2.05, 4.69) is 15.3 Å². The van der Waals surface area contributed by atoms with Crippen molar-refractivity contribution in [3.63, 3.8) is 0 Å². The lowest BCUT2D eigenvalue weighted by atomic mass is 10.2. The van der Waals surface area contributed by atoms with Crippen LogP contribution in [0, 0.1) is 24.1 Å². The van der Waals surface area contributed by atoms with Crippen LogP contribution in [-0.4, -0.2) is 26.7 Å². The van der Waals surface area contributed by atoms with Gasteiger partial charge in [0.1, 0.15) is 23.3 Å². The van der Waals surface area contributed by atoms with Crippen molar-refractivity contribution in [2.75, 3.05) is 11.6 Å². The summed E-state index contributed by atoms with van der Waals surface area (Å²) in [5, 5.41) is 12.0. The number of hydrogen-bond donors (Lipinski definition) is 2. The third-order valence-electron chi connectivity index (χ3n) is 3.87. The van der Waals surface area contributed by atoms with Crippen molar-refractivity contribution in [3.05, 3.63) is 69.8 Å². The predicted molar refractivity (Wildman–Crippen MR) is 99.8 cm³/mol. The third-order valence-corrected chi connectivity index (χ3v) is 4.60. The molecule has 0 saturated heterocycles. The Balaban J connectivity index is 1.89. The number of aryl methyl sites for hydroxylation is 1. The SMILES string of the molecule is CSc1[nH]c(=O)c(C(=O)Nc2ccc(-n3ccnc3C)c(F)c2)cc1C#N. The van der Waals surface area contributed by atoms with Crippen LogP contribution in [0.1, 0.15) is 21.7 Å². The van der Waals surface area contributed by atoms with Gasteiger partial charge in [-0.3, -0.25) is 9.59 Å². The van der Waals surface area contributed by atoms with Gasteiger partial charge in [-0.2, -0.15) is 5.26 Å². The first-order valence-corrected chi connectivity index (χ1v) is 8.99. The summed E-state index contributed by atoms with van der Waals surface area (Å²) >= 11 is 1.20. The highest BCUT2D eigenvalue weighted by Gasteiger charge is 2.16. The fraction of sp³-hybridized carbons (Fsp3) is 0.111. The smallest absolute Gasteiger partial charge is 0.261 e. The van der Waals surface area contributed by atoms with Crippen molar-refractivity contribution < 1.29 is 9.18 Å². The molecule has 0 spiro atoms. The quantitative estimate of drug-likeness (QED) is 0.674. The highest BCUT2D eigenvalue weighted by molar-refractivity contribution is 7.98. The van der Waals surface area contributed by atoms with Gasteiger partial charge in [0, 0.05) is 18.1 Å². The van der Waals surface area contributed by atoms with E-state index < -0.39 is 17.3 Å². The van der Waals surface area contributed by atoms with Crippen LogP contribution in [0.4, 0.5) is 10.1 Å². The van der Waals surface area contributed by atoms with Crippen molar-refractivity contribution in [3.8, 4) is 11.8 Å². The molecule has 0 unspecified atom stereocenters. The second kappa shape index (κ2) is 7.47. The summed E-state index contributed by atoms with van der Waals surface area (Å²) in [6, 6.07) is 7.33. The van der Waals surface area contributed by atoms with Gasteiger partial charge in [0.05, 0.1) is 16.3 Å². The van der Waals surface area contributed by atoms with E-state index in [0.717, 1.165) is 6.07 Å². The number of rotatable bonds is 4. The molecule has 2 aromatic heterocycles. The van der Waals surface area contributed by atoms with Gasteiger partial charge in [0.25, 0.3) is 11.5 Å². The second-order valence-electron chi connectivity index (χ2n) is 5.54. The molecule has 1 aromatic carbocycles. The molecular weight excluding hydrogens is 369 g/mol. The van der Waals surface area contributed by atoms with Gasteiger partial charge in [-0.1, -0.05) is 0 Å². The van der Waals surface area contributed by atoms with Gasteiger partial charge in [-0.15, -0.1) is 11.8 Å². The number of halogens is 1. The van der Waals surface area contributed by atoms with Crippen LogP contribution in [0.3, 0.4) is 0 Å². The first-order chi connectivity index (χ1) is 12.9. The minimum absolute atomic E-state index is 0.185. The number of aromatic amines is 1. The van der Waals surface area contributed by atoms with E-state index in [1.807, 2.05) is 6.07 Å². The van der Waals surface area contributed by atoms with Gasteiger partial charge in [-0.05, 0) is 37.4 Å². The summed E-state index contributed by atoms with van der Waals surface area (Å²) in [4.78, 5) is 31.0. The third kappa shape index (κ3) is 3.61. The Kier molecular flexibility index (Phi) is 5.09. The van der Waals surface area contributed by atoms with Crippen LogP contribution in [0.5, 0.6) is 0 Å². The van der Waals surface area contributed by atoms with Crippen LogP contribution in [0.15, 0.2) is 46.5 Å². The summed E-state index contributed by atoms with van der Waals surface area (Å²) < 4.78 is 16.0. The topological polar surface area (TPSA) is 104 Å². The Bertz CT molecular complexity index is 1130. The molecule has 0 aliphatic heterocycles. The first kappa shape index (κ1) is 18.4. The number of nitrogens with one attached hydrogen (secondary N) is 2. The number of hydrogen-bond acceptors (Lipinski definition) is 5. The molecule has 136 valence electrons. The maximum Gasteiger partial charge on any atom is 0.261 e. The van der Waals surface area contributed by atoms with Crippen molar-refractivity contribution >= 4 is 23.4 Å². The molecule has 9 heteroatoms. The van der Waals surface area contributed by atoms with E-state index in [9.17, 15) is 14.0 Å². The first-order valence-electron chi connectivity index (χ1n) is 7.77. The van der Waals surface area contributed by atoms with Gasteiger partial charge in [0.15, 0.2) is 0 Å². The zero-order valence-corrected chi connectivity index (χ0v) is 15.2. The molecule has 0 aliphatic carbocycles. The van der Waals surface area contributed by atoms with E-state index in [-0.39, 0.29) is 22.5 Å². The van der Waals surface area contributed by atoms with E-state index in [4.69, 9.17) is 5.26 Å². The second-order valence-corrected chi connectivity index (χ2v) is 6.35.